The maximum Gasteiger partial charge on any atom is 0.213 e. The second kappa shape index (κ2) is 16.1. The van der Waals surface area contributed by atoms with Gasteiger partial charge in [0, 0.05) is 35.5 Å². The van der Waals surface area contributed by atoms with Gasteiger partial charge in [-0.1, -0.05) is 114 Å². The summed E-state index contributed by atoms with van der Waals surface area (Å²) in [7, 11) is -1.66. The largest absolute Gasteiger partial charge is 0.276 e. The fraction of sp³-hybridized carbons (Fsp3) is 0.511. The first-order valence-electron chi connectivity index (χ1n) is 20.2. The molecule has 1 aliphatic heterocycles. The molecule has 4 atom stereocenters. The summed E-state index contributed by atoms with van der Waals surface area (Å²) >= 11 is 0. The van der Waals surface area contributed by atoms with Gasteiger partial charge in [-0.3, -0.25) is 4.99 Å². The Kier molecular flexibility index (Phi) is 11.8. The van der Waals surface area contributed by atoms with Crippen LogP contribution in [0, 0.1) is 25.7 Å². The van der Waals surface area contributed by atoms with Crippen LogP contribution in [0.1, 0.15) is 118 Å². The van der Waals surface area contributed by atoms with Crippen LogP contribution < -0.4 is 14.3 Å². The number of pyridine rings is 2. The number of aliphatic imine (C=N–C) groups is 1. The molecule has 4 heteroatoms. The van der Waals surface area contributed by atoms with Gasteiger partial charge in [0.25, 0.3) is 0 Å². The second-order valence-corrected chi connectivity index (χ2v) is 22.1. The minimum absolute atomic E-state index is 0.0441. The average Bonchev–Trinajstić information content (AvgIpc) is 3.81. The van der Waals surface area contributed by atoms with Gasteiger partial charge in [-0.25, -0.2) is 0 Å². The monoisotopic (exact) mass is 699 g/mol. The van der Waals surface area contributed by atoms with E-state index in [2.05, 4.69) is 149 Å². The summed E-state index contributed by atoms with van der Waals surface area (Å²) in [5, 5.41) is 1.62. The summed E-state index contributed by atoms with van der Waals surface area (Å²) in [6, 6.07) is 14.4. The van der Waals surface area contributed by atoms with Gasteiger partial charge in [0.1, 0.15) is 12.0 Å². The number of fused-ring (bicyclic) bond motifs is 3. The topological polar surface area (TPSA) is 20.1 Å². The molecule has 0 radical (unpaired) electrons. The Hall–Kier alpha value is -3.37. The van der Waals surface area contributed by atoms with Crippen molar-refractivity contribution < 1.29 is 9.13 Å². The van der Waals surface area contributed by atoms with Crippen LogP contribution in [-0.4, -0.2) is 19.8 Å². The van der Waals surface area contributed by atoms with Crippen LogP contribution in [0.2, 0.25) is 19.6 Å². The molecule has 2 aromatic heterocycles. The molecule has 2 fully saturated rings. The van der Waals surface area contributed by atoms with Crippen molar-refractivity contribution >= 4 is 19.0 Å². The van der Waals surface area contributed by atoms with Crippen LogP contribution in [0.15, 0.2) is 90.7 Å². The Labute approximate surface area is 311 Å². The Bertz CT molecular complexity index is 1790. The molecule has 0 bridgehead atoms. The average molecular weight is 700 g/mol. The van der Waals surface area contributed by atoms with E-state index in [9.17, 15) is 0 Å². The molecule has 1 aromatic carbocycles. The van der Waals surface area contributed by atoms with Crippen LogP contribution in [0.5, 0.6) is 0 Å². The number of allylic oxidation sites excluding steroid dienone is 4. The first-order chi connectivity index (χ1) is 24.5. The fourth-order valence-corrected chi connectivity index (χ4v) is 11.5. The van der Waals surface area contributed by atoms with E-state index in [1.54, 1.807) is 10.8 Å². The highest BCUT2D eigenvalue weighted by molar-refractivity contribution is 6.89. The van der Waals surface area contributed by atoms with Gasteiger partial charge < -0.3 is 0 Å². The highest BCUT2D eigenvalue weighted by Crippen LogP contribution is 2.46. The summed E-state index contributed by atoms with van der Waals surface area (Å²) in [6.07, 6.45) is 29.6. The van der Waals surface area contributed by atoms with Crippen LogP contribution in [0.4, 0.5) is 0 Å². The molecular weight excluding hydrogens is 635 g/mol. The predicted octanol–water partition coefficient (Wildman–Crippen LogP) is 10.6. The Morgan fingerprint density at radius 1 is 0.902 bits per heavy atom. The van der Waals surface area contributed by atoms with E-state index < -0.39 is 8.07 Å². The first-order valence-corrected chi connectivity index (χ1v) is 23.7. The van der Waals surface area contributed by atoms with E-state index in [4.69, 9.17) is 4.99 Å². The zero-order chi connectivity index (χ0) is 36.3. The van der Waals surface area contributed by atoms with Gasteiger partial charge in [0.2, 0.25) is 5.69 Å². The predicted molar refractivity (Wildman–Crippen MR) is 220 cm³/mol. The molecule has 6 rings (SSSR count). The lowest BCUT2D eigenvalue weighted by Crippen LogP contribution is -2.58. The van der Waals surface area contributed by atoms with Gasteiger partial charge >= 0.3 is 0 Å². The summed E-state index contributed by atoms with van der Waals surface area (Å²) < 4.78 is 5.27. The number of hydrogen-bond donors (Lipinski definition) is 0. The number of benzene rings is 1. The summed E-state index contributed by atoms with van der Waals surface area (Å²) in [5.74, 6) is 1.73. The SMILES string of the molecule is C=CC1C(C(C(/C=C\C)N=C(C)/C=C\C)[n+]2cc(CC3CCCC3)c(C)cc2C)c2ccccc2-c2cc(CC3CCCC3)c([Si](C)(C)C)c[n+]21. The van der Waals surface area contributed by atoms with Crippen LogP contribution >= 0.6 is 0 Å². The lowest BCUT2D eigenvalue weighted by Gasteiger charge is -2.35. The van der Waals surface area contributed by atoms with Crippen molar-refractivity contribution in [1.82, 2.24) is 0 Å². The maximum atomic E-state index is 5.52. The third kappa shape index (κ3) is 8.02. The molecule has 4 unspecified atom stereocenters. The van der Waals surface area contributed by atoms with Gasteiger partial charge in [0.05, 0.1) is 13.6 Å². The zero-order valence-corrected chi connectivity index (χ0v) is 34.1. The van der Waals surface area contributed by atoms with Crippen molar-refractivity contribution in [1.29, 1.82) is 0 Å². The van der Waals surface area contributed by atoms with Crippen LogP contribution in [0.3, 0.4) is 0 Å². The van der Waals surface area contributed by atoms with Gasteiger partial charge in [-0.15, -0.1) is 0 Å². The molecule has 3 aromatic rings. The van der Waals surface area contributed by atoms with Crippen molar-refractivity contribution in [2.45, 2.75) is 143 Å². The number of hydrogen-bond acceptors (Lipinski definition) is 1. The third-order valence-corrected chi connectivity index (χ3v) is 14.4. The Morgan fingerprint density at radius 3 is 2.16 bits per heavy atom. The lowest BCUT2D eigenvalue weighted by molar-refractivity contribution is -0.757. The smallest absolute Gasteiger partial charge is 0.213 e. The lowest BCUT2D eigenvalue weighted by atomic mass is 9.75. The fourth-order valence-electron chi connectivity index (χ4n) is 9.88. The van der Waals surface area contributed by atoms with Crippen molar-refractivity contribution in [3.8, 4) is 11.3 Å². The van der Waals surface area contributed by atoms with Gasteiger partial charge in [0.15, 0.2) is 30.2 Å². The highest BCUT2D eigenvalue weighted by atomic mass is 28.3. The van der Waals surface area contributed by atoms with Crippen LogP contribution in [0.25, 0.3) is 11.3 Å². The summed E-state index contributed by atoms with van der Waals surface area (Å²) in [4.78, 5) is 5.52. The summed E-state index contributed by atoms with van der Waals surface area (Å²) in [5.41, 5.74) is 11.0. The number of aromatic nitrogens is 2. The molecule has 51 heavy (non-hydrogen) atoms. The quantitative estimate of drug-likeness (QED) is 0.0776. The minimum atomic E-state index is -1.66. The van der Waals surface area contributed by atoms with Crippen molar-refractivity contribution in [2.24, 2.45) is 16.8 Å². The molecular formula is C47H65N3Si+2. The molecule has 2 aliphatic carbocycles. The van der Waals surface area contributed by atoms with Gasteiger partial charge in [-0.2, -0.15) is 9.13 Å². The molecule has 2 saturated carbocycles. The maximum absolute atomic E-state index is 5.52. The van der Waals surface area contributed by atoms with E-state index in [1.807, 2.05) is 0 Å². The Morgan fingerprint density at radius 2 is 1.55 bits per heavy atom. The van der Waals surface area contributed by atoms with Crippen molar-refractivity contribution in [3.05, 3.63) is 114 Å². The van der Waals surface area contributed by atoms with E-state index in [1.165, 1.54) is 97.8 Å². The molecule has 0 N–H and O–H groups in total. The molecule has 3 aliphatic rings. The van der Waals surface area contributed by atoms with E-state index in [0.29, 0.717) is 0 Å². The zero-order valence-electron chi connectivity index (χ0n) is 33.1. The first kappa shape index (κ1) is 37.4. The molecule has 270 valence electrons. The minimum Gasteiger partial charge on any atom is -0.276 e. The molecule has 0 saturated heterocycles. The summed E-state index contributed by atoms with van der Waals surface area (Å²) in [6.45, 7) is 23.2. The molecule has 3 nitrogen and oxygen atoms in total. The van der Waals surface area contributed by atoms with Crippen molar-refractivity contribution in [3.63, 3.8) is 0 Å². The van der Waals surface area contributed by atoms with Gasteiger partial charge in [-0.05, 0) is 87.3 Å². The number of rotatable bonds is 12. The third-order valence-electron chi connectivity index (χ3n) is 12.3. The normalized spacial score (nSPS) is 21.4. The van der Waals surface area contributed by atoms with E-state index >= 15 is 0 Å². The standard InChI is InChI=1S/C47H65N3Si/c1-10-19-34(5)48-42(20-11-2)47(49-31-39(33(4)27-35(49)6)29-37-23-15-16-24-37)46-41-26-18-17-25-40(41)44-30-38(28-36-21-13-14-22-36)45(51(7,8)9)32-50(44)43(46)12-3/h10-12,17-20,25-27,30-32,36-37,42-43,46-47H,3,13-16,21-24,28-29H2,1-2,4-9H3/q+2/b19-10-,20-11-,48-34?. The van der Waals surface area contributed by atoms with Crippen molar-refractivity contribution in [2.75, 3.05) is 0 Å². The van der Waals surface area contributed by atoms with Crippen LogP contribution in [-0.2, 0) is 12.8 Å². The Balaban J connectivity index is 1.60. The highest BCUT2D eigenvalue weighted by Gasteiger charge is 2.50. The molecule has 0 amide bonds. The number of aryl methyl sites for hydroxylation is 2. The second-order valence-electron chi connectivity index (χ2n) is 17.1. The van der Waals surface area contributed by atoms with E-state index in [0.717, 1.165) is 17.5 Å². The number of nitrogens with zero attached hydrogens (tertiary/aromatic N) is 3. The molecule has 3 heterocycles. The van der Waals surface area contributed by atoms with E-state index in [-0.39, 0.29) is 24.0 Å². The molecule has 0 spiro atoms.